The maximum absolute atomic E-state index is 12.2. The zero-order valence-corrected chi connectivity index (χ0v) is 12.5. The van der Waals surface area contributed by atoms with E-state index in [0.717, 1.165) is 38.1 Å². The molecule has 0 spiro atoms. The molecule has 2 rings (SSSR count). The summed E-state index contributed by atoms with van der Waals surface area (Å²) in [4.78, 5) is 16.5. The van der Waals surface area contributed by atoms with E-state index >= 15 is 0 Å². The molecule has 2 unspecified atom stereocenters. The van der Waals surface area contributed by atoms with Crippen LogP contribution in [0.3, 0.4) is 0 Å². The molecule has 0 aromatic carbocycles. The van der Waals surface area contributed by atoms with E-state index in [9.17, 15) is 4.79 Å². The Balaban J connectivity index is 1.85. The van der Waals surface area contributed by atoms with E-state index in [1.165, 1.54) is 0 Å². The Morgan fingerprint density at radius 1 is 1.55 bits per heavy atom. The fourth-order valence-electron chi connectivity index (χ4n) is 2.84. The Kier molecular flexibility index (Phi) is 5.17. The summed E-state index contributed by atoms with van der Waals surface area (Å²) < 4.78 is 2.11. The van der Waals surface area contributed by atoms with Gasteiger partial charge in [0.05, 0.1) is 6.54 Å². The fourth-order valence-corrected chi connectivity index (χ4v) is 2.84. The largest absolute Gasteiger partial charge is 0.349 e. The van der Waals surface area contributed by atoms with Gasteiger partial charge >= 0.3 is 0 Å². The van der Waals surface area contributed by atoms with E-state index < -0.39 is 0 Å². The third-order valence-electron chi connectivity index (χ3n) is 3.87. The summed E-state index contributed by atoms with van der Waals surface area (Å²) in [7, 11) is 0. The lowest BCUT2D eigenvalue weighted by molar-refractivity contribution is -0.126. The molecule has 0 aliphatic heterocycles. The predicted molar refractivity (Wildman–Crippen MR) is 78.8 cm³/mol. The van der Waals surface area contributed by atoms with Crippen LogP contribution >= 0.6 is 0 Å². The molecule has 1 aliphatic rings. The maximum atomic E-state index is 12.2. The minimum Gasteiger partial charge on any atom is -0.349 e. The number of rotatable bonds is 5. The van der Waals surface area contributed by atoms with Crippen molar-refractivity contribution in [2.45, 2.75) is 58.7 Å². The van der Waals surface area contributed by atoms with E-state index in [0.29, 0.717) is 12.5 Å². The zero-order valence-electron chi connectivity index (χ0n) is 12.5. The van der Waals surface area contributed by atoms with Crippen molar-refractivity contribution in [2.24, 2.45) is 17.6 Å². The second kappa shape index (κ2) is 6.88. The molecule has 1 aliphatic carbocycles. The first-order valence-electron chi connectivity index (χ1n) is 7.59. The highest BCUT2D eigenvalue weighted by Crippen LogP contribution is 2.23. The van der Waals surface area contributed by atoms with Crippen LogP contribution in [-0.4, -0.2) is 21.5 Å². The first-order valence-corrected chi connectivity index (χ1v) is 7.59. The van der Waals surface area contributed by atoms with Gasteiger partial charge in [0.25, 0.3) is 0 Å². The van der Waals surface area contributed by atoms with E-state index in [4.69, 9.17) is 5.73 Å². The van der Waals surface area contributed by atoms with Crippen LogP contribution in [0.2, 0.25) is 0 Å². The molecule has 20 heavy (non-hydrogen) atoms. The smallest absolute Gasteiger partial charge is 0.223 e. The van der Waals surface area contributed by atoms with Crippen molar-refractivity contribution in [3.05, 3.63) is 18.2 Å². The fraction of sp³-hybridized carbons (Fsp3) is 0.733. The van der Waals surface area contributed by atoms with Crippen molar-refractivity contribution in [2.75, 3.05) is 0 Å². The highest BCUT2D eigenvalue weighted by molar-refractivity contribution is 5.78. The standard InChI is InChI=1S/C15H26N4O/c1-11(2)10-19-7-6-17-14(19)9-18-15(20)12-4-3-5-13(16)8-12/h6-7,11-13H,3-5,8-10,16H2,1-2H3,(H,18,20). The number of carbonyl (C=O) groups is 1. The number of carbonyl (C=O) groups excluding carboxylic acids is 1. The third-order valence-corrected chi connectivity index (χ3v) is 3.87. The Labute approximate surface area is 120 Å². The number of nitrogens with one attached hydrogen (secondary N) is 1. The van der Waals surface area contributed by atoms with Crippen molar-refractivity contribution in [3.8, 4) is 0 Å². The molecule has 0 radical (unpaired) electrons. The molecule has 112 valence electrons. The molecular weight excluding hydrogens is 252 g/mol. The van der Waals surface area contributed by atoms with Gasteiger partial charge < -0.3 is 15.6 Å². The Bertz CT molecular complexity index is 441. The summed E-state index contributed by atoms with van der Waals surface area (Å²) in [5.41, 5.74) is 5.94. The minimum absolute atomic E-state index is 0.0762. The average Bonchev–Trinajstić information content (AvgIpc) is 2.82. The SMILES string of the molecule is CC(C)Cn1ccnc1CNC(=O)C1CCCC(N)C1. The lowest BCUT2D eigenvalue weighted by atomic mass is 9.85. The van der Waals surface area contributed by atoms with Gasteiger partial charge in [0.2, 0.25) is 5.91 Å². The molecule has 0 saturated heterocycles. The molecule has 0 bridgehead atoms. The second-order valence-corrected chi connectivity index (χ2v) is 6.23. The summed E-state index contributed by atoms with van der Waals surface area (Å²) in [6, 6.07) is 0.183. The molecule has 5 nitrogen and oxygen atoms in total. The molecule has 1 aromatic heterocycles. The number of hydrogen-bond donors (Lipinski definition) is 2. The van der Waals surface area contributed by atoms with Gasteiger partial charge in [-0.05, 0) is 25.2 Å². The summed E-state index contributed by atoms with van der Waals surface area (Å²) in [6.45, 7) is 5.78. The first-order chi connectivity index (χ1) is 9.56. The topological polar surface area (TPSA) is 72.9 Å². The molecule has 5 heteroatoms. The number of aromatic nitrogens is 2. The molecule has 1 aromatic rings. The van der Waals surface area contributed by atoms with Crippen molar-refractivity contribution < 1.29 is 4.79 Å². The van der Waals surface area contributed by atoms with E-state index in [2.05, 4.69) is 28.7 Å². The molecule has 2 atom stereocenters. The summed E-state index contributed by atoms with van der Waals surface area (Å²) in [5, 5.41) is 3.01. The van der Waals surface area contributed by atoms with E-state index in [1.807, 2.05) is 6.20 Å². The van der Waals surface area contributed by atoms with Gasteiger partial charge in [-0.2, -0.15) is 0 Å². The average molecular weight is 278 g/mol. The normalized spacial score (nSPS) is 23.0. The molecule has 1 saturated carbocycles. The van der Waals surface area contributed by atoms with E-state index in [1.54, 1.807) is 6.20 Å². The van der Waals surface area contributed by atoms with Crippen molar-refractivity contribution in [1.29, 1.82) is 0 Å². The summed E-state index contributed by atoms with van der Waals surface area (Å²) in [6.07, 6.45) is 7.63. The molecule has 1 amide bonds. The Hall–Kier alpha value is -1.36. The second-order valence-electron chi connectivity index (χ2n) is 6.23. The summed E-state index contributed by atoms with van der Waals surface area (Å²) in [5.74, 6) is 1.69. The number of nitrogens with zero attached hydrogens (tertiary/aromatic N) is 2. The molecule has 3 N–H and O–H groups in total. The van der Waals surface area contributed by atoms with Crippen LogP contribution in [0, 0.1) is 11.8 Å². The van der Waals surface area contributed by atoms with Gasteiger partial charge in [-0.15, -0.1) is 0 Å². The van der Waals surface area contributed by atoms with Crippen LogP contribution in [0.4, 0.5) is 0 Å². The van der Waals surface area contributed by atoms with Crippen LogP contribution < -0.4 is 11.1 Å². The van der Waals surface area contributed by atoms with Gasteiger partial charge in [-0.1, -0.05) is 20.3 Å². The number of hydrogen-bond acceptors (Lipinski definition) is 3. The maximum Gasteiger partial charge on any atom is 0.223 e. The van der Waals surface area contributed by atoms with Crippen LogP contribution in [0.5, 0.6) is 0 Å². The zero-order chi connectivity index (χ0) is 14.5. The number of amides is 1. The van der Waals surface area contributed by atoms with Gasteiger partial charge in [0, 0.05) is 30.9 Å². The van der Waals surface area contributed by atoms with Crippen LogP contribution in [-0.2, 0) is 17.9 Å². The lowest BCUT2D eigenvalue weighted by Gasteiger charge is -2.25. The van der Waals surface area contributed by atoms with Gasteiger partial charge in [0.15, 0.2) is 0 Å². The monoisotopic (exact) mass is 278 g/mol. The predicted octanol–water partition coefficient (Wildman–Crippen LogP) is 1.67. The Morgan fingerprint density at radius 3 is 3.05 bits per heavy atom. The summed E-state index contributed by atoms with van der Waals surface area (Å²) >= 11 is 0. The van der Waals surface area contributed by atoms with E-state index in [-0.39, 0.29) is 17.9 Å². The highest BCUT2D eigenvalue weighted by Gasteiger charge is 2.25. The molecular formula is C15H26N4O. The first kappa shape index (κ1) is 15.0. The number of imidazole rings is 1. The van der Waals surface area contributed by atoms with Crippen molar-refractivity contribution in [1.82, 2.24) is 14.9 Å². The Morgan fingerprint density at radius 2 is 2.35 bits per heavy atom. The highest BCUT2D eigenvalue weighted by atomic mass is 16.1. The van der Waals surface area contributed by atoms with Gasteiger partial charge in [-0.3, -0.25) is 4.79 Å². The van der Waals surface area contributed by atoms with Gasteiger partial charge in [-0.25, -0.2) is 4.98 Å². The lowest BCUT2D eigenvalue weighted by Crippen LogP contribution is -2.37. The van der Waals surface area contributed by atoms with Crippen LogP contribution in [0.1, 0.15) is 45.4 Å². The van der Waals surface area contributed by atoms with Crippen molar-refractivity contribution >= 4 is 5.91 Å². The minimum atomic E-state index is 0.0762. The van der Waals surface area contributed by atoms with Crippen LogP contribution in [0.15, 0.2) is 12.4 Å². The van der Waals surface area contributed by atoms with Crippen molar-refractivity contribution in [3.63, 3.8) is 0 Å². The van der Waals surface area contributed by atoms with Gasteiger partial charge in [0.1, 0.15) is 5.82 Å². The molecule has 1 heterocycles. The number of nitrogens with two attached hydrogens (primary N) is 1. The quantitative estimate of drug-likeness (QED) is 0.860. The third kappa shape index (κ3) is 4.07. The van der Waals surface area contributed by atoms with Crippen LogP contribution in [0.25, 0.3) is 0 Å². The molecule has 1 fully saturated rings.